The monoisotopic (exact) mass is 366 g/mol. The summed E-state index contributed by atoms with van der Waals surface area (Å²) >= 11 is 0. The Hall–Kier alpha value is -3.09. The largest absolute Gasteiger partial charge is 0.489 e. The van der Waals surface area contributed by atoms with Crippen LogP contribution in [-0.4, -0.2) is 29.6 Å². The lowest BCUT2D eigenvalue weighted by molar-refractivity contribution is -0.145. The lowest BCUT2D eigenvalue weighted by atomic mass is 10.1. The van der Waals surface area contributed by atoms with Crippen molar-refractivity contribution in [3.05, 3.63) is 41.6 Å². The number of esters is 1. The van der Waals surface area contributed by atoms with E-state index in [4.69, 9.17) is 14.2 Å². The summed E-state index contributed by atoms with van der Waals surface area (Å²) < 4.78 is 17.1. The molecule has 1 fully saturated rings. The average molecular weight is 366 g/mol. The molecule has 7 heteroatoms. The van der Waals surface area contributed by atoms with Gasteiger partial charge in [0.25, 0.3) is 0 Å². The summed E-state index contributed by atoms with van der Waals surface area (Å²) in [5.41, 5.74) is 1.87. The van der Waals surface area contributed by atoms with Crippen molar-refractivity contribution < 1.29 is 23.8 Å². The summed E-state index contributed by atoms with van der Waals surface area (Å²) in [5, 5.41) is 2.77. The van der Waals surface area contributed by atoms with Gasteiger partial charge >= 0.3 is 5.97 Å². The van der Waals surface area contributed by atoms with Crippen LogP contribution in [0.1, 0.15) is 30.4 Å². The topological polar surface area (TPSA) is 86.8 Å². The van der Waals surface area contributed by atoms with Crippen molar-refractivity contribution in [2.45, 2.75) is 31.8 Å². The molecule has 3 atom stereocenters. The summed E-state index contributed by atoms with van der Waals surface area (Å²) in [4.78, 5) is 27.8. The van der Waals surface area contributed by atoms with Crippen LogP contribution in [-0.2, 0) is 20.7 Å². The van der Waals surface area contributed by atoms with Gasteiger partial charge in [-0.25, -0.2) is 4.98 Å². The quantitative estimate of drug-likeness (QED) is 0.838. The second-order valence-electron chi connectivity index (χ2n) is 6.87. The predicted octanol–water partition coefficient (Wildman–Crippen LogP) is 2.80. The number of ether oxygens (including phenoxy) is 3. The van der Waals surface area contributed by atoms with Crippen LogP contribution >= 0.6 is 0 Å². The van der Waals surface area contributed by atoms with E-state index < -0.39 is 0 Å². The molecular weight excluding hydrogens is 348 g/mol. The molecule has 0 spiro atoms. The van der Waals surface area contributed by atoms with Gasteiger partial charge in [0.05, 0.1) is 6.61 Å². The normalized spacial score (nSPS) is 24.0. The highest BCUT2D eigenvalue weighted by Gasteiger charge is 2.63. The maximum Gasteiger partial charge on any atom is 0.313 e. The zero-order chi connectivity index (χ0) is 18.5. The molecule has 1 aliphatic carbocycles. The van der Waals surface area contributed by atoms with Gasteiger partial charge in [-0.1, -0.05) is 0 Å². The third kappa shape index (κ3) is 2.61. The van der Waals surface area contributed by atoms with Crippen molar-refractivity contribution in [1.82, 2.24) is 4.98 Å². The van der Waals surface area contributed by atoms with Crippen LogP contribution in [0.2, 0.25) is 0 Å². The van der Waals surface area contributed by atoms with Gasteiger partial charge in [-0.2, -0.15) is 0 Å². The first kappa shape index (κ1) is 16.1. The number of pyridine rings is 1. The van der Waals surface area contributed by atoms with E-state index in [1.54, 1.807) is 19.2 Å². The molecule has 2 aromatic rings. The van der Waals surface area contributed by atoms with Crippen LogP contribution < -0.4 is 14.8 Å². The van der Waals surface area contributed by atoms with Crippen LogP contribution in [0.5, 0.6) is 17.2 Å². The van der Waals surface area contributed by atoms with Crippen LogP contribution in [0, 0.1) is 5.92 Å². The van der Waals surface area contributed by atoms with Crippen LogP contribution in [0.25, 0.3) is 0 Å². The standard InChI is InChI=1S/C20H18N2O5/c1-2-25-20(24)17-16-12-9-10(3-5-13(12)27-18(16)17)26-14-7-8-21-19-11(14)4-6-15(23)22-19/h3,5,7-9,16-18H,2,4,6H2,1H3,(H,21,22,23)/t16-,17-,18+/m1/s1. The highest BCUT2D eigenvalue weighted by atomic mass is 16.5. The maximum absolute atomic E-state index is 12.0. The molecule has 3 aliphatic rings. The highest BCUT2D eigenvalue weighted by molar-refractivity contribution is 5.93. The number of nitrogens with zero attached hydrogens (tertiary/aromatic N) is 1. The molecule has 7 nitrogen and oxygen atoms in total. The minimum absolute atomic E-state index is 0.0354. The minimum Gasteiger partial charge on any atom is -0.489 e. The molecule has 27 heavy (non-hydrogen) atoms. The number of hydrogen-bond acceptors (Lipinski definition) is 6. The predicted molar refractivity (Wildman–Crippen MR) is 95.0 cm³/mol. The molecule has 1 saturated carbocycles. The number of carbonyl (C=O) groups excluding carboxylic acids is 2. The average Bonchev–Trinajstić information content (AvgIpc) is 3.25. The summed E-state index contributed by atoms with van der Waals surface area (Å²) in [7, 11) is 0. The van der Waals surface area contributed by atoms with E-state index in [0.717, 1.165) is 16.9 Å². The molecular formula is C20H18N2O5. The molecule has 0 bridgehead atoms. The Bertz CT molecular complexity index is 957. The van der Waals surface area contributed by atoms with E-state index in [2.05, 4.69) is 10.3 Å². The van der Waals surface area contributed by atoms with E-state index in [-0.39, 0.29) is 29.8 Å². The van der Waals surface area contributed by atoms with Crippen LogP contribution in [0.4, 0.5) is 5.82 Å². The molecule has 1 aromatic carbocycles. The Morgan fingerprint density at radius 3 is 3.07 bits per heavy atom. The van der Waals surface area contributed by atoms with E-state index >= 15 is 0 Å². The van der Waals surface area contributed by atoms with Gasteiger partial charge in [-0.15, -0.1) is 0 Å². The smallest absolute Gasteiger partial charge is 0.313 e. The maximum atomic E-state index is 12.0. The summed E-state index contributed by atoms with van der Waals surface area (Å²) in [6, 6.07) is 7.43. The van der Waals surface area contributed by atoms with E-state index in [0.29, 0.717) is 36.8 Å². The lowest BCUT2D eigenvalue weighted by Crippen LogP contribution is -2.20. The zero-order valence-corrected chi connectivity index (χ0v) is 14.7. The molecule has 2 aliphatic heterocycles. The van der Waals surface area contributed by atoms with Crippen LogP contribution in [0.3, 0.4) is 0 Å². The van der Waals surface area contributed by atoms with Gasteiger partial charge in [-0.3, -0.25) is 9.59 Å². The molecule has 138 valence electrons. The summed E-state index contributed by atoms with van der Waals surface area (Å²) in [5.74, 6) is 2.26. The molecule has 1 N–H and O–H groups in total. The van der Waals surface area contributed by atoms with Gasteiger partial charge in [0.2, 0.25) is 5.91 Å². The molecule has 1 aromatic heterocycles. The Balaban J connectivity index is 1.39. The van der Waals surface area contributed by atoms with E-state index in [1.165, 1.54) is 0 Å². The third-order valence-corrected chi connectivity index (χ3v) is 5.22. The van der Waals surface area contributed by atoms with E-state index in [9.17, 15) is 9.59 Å². The SMILES string of the molecule is CCOC(=O)[C@H]1[C@H]2Oc3ccc(Oc4ccnc5c4CCC(=O)N5)cc3[C@@H]21. The van der Waals surface area contributed by atoms with E-state index in [1.807, 2.05) is 18.2 Å². The van der Waals surface area contributed by atoms with Crippen LogP contribution in [0.15, 0.2) is 30.5 Å². The van der Waals surface area contributed by atoms with Crippen molar-refractivity contribution in [1.29, 1.82) is 0 Å². The summed E-state index contributed by atoms with van der Waals surface area (Å²) in [6.45, 7) is 2.17. The number of carbonyl (C=O) groups is 2. The number of aromatic nitrogens is 1. The first-order valence-electron chi connectivity index (χ1n) is 9.08. The lowest BCUT2D eigenvalue weighted by Gasteiger charge is -2.19. The fourth-order valence-electron chi connectivity index (χ4n) is 3.90. The van der Waals surface area contributed by atoms with Crippen molar-refractivity contribution in [2.24, 2.45) is 5.92 Å². The zero-order valence-electron chi connectivity index (χ0n) is 14.7. The number of amides is 1. The molecule has 3 heterocycles. The van der Waals surface area contributed by atoms with Gasteiger partial charge < -0.3 is 19.5 Å². The van der Waals surface area contributed by atoms with Crippen molar-refractivity contribution in [2.75, 3.05) is 11.9 Å². The molecule has 1 amide bonds. The Morgan fingerprint density at radius 1 is 1.33 bits per heavy atom. The first-order chi connectivity index (χ1) is 13.2. The van der Waals surface area contributed by atoms with Crippen molar-refractivity contribution in [3.63, 3.8) is 0 Å². The third-order valence-electron chi connectivity index (χ3n) is 5.22. The molecule has 0 radical (unpaired) electrons. The molecule has 0 unspecified atom stereocenters. The number of rotatable bonds is 4. The minimum atomic E-state index is -0.225. The molecule has 0 saturated heterocycles. The molecule has 5 rings (SSSR count). The highest BCUT2D eigenvalue weighted by Crippen LogP contribution is 2.59. The number of fused-ring (bicyclic) bond motifs is 4. The second kappa shape index (κ2) is 5.97. The van der Waals surface area contributed by atoms with Crippen molar-refractivity contribution >= 4 is 17.7 Å². The van der Waals surface area contributed by atoms with Gasteiger partial charge in [0.15, 0.2) is 0 Å². The number of anilines is 1. The number of benzene rings is 1. The number of nitrogens with one attached hydrogen (secondary N) is 1. The fourth-order valence-corrected chi connectivity index (χ4v) is 3.90. The Kier molecular flexibility index (Phi) is 3.56. The fraction of sp³-hybridized carbons (Fsp3) is 0.350. The Morgan fingerprint density at radius 2 is 2.22 bits per heavy atom. The number of hydrogen-bond donors (Lipinski definition) is 1. The van der Waals surface area contributed by atoms with Gasteiger partial charge in [0, 0.05) is 29.7 Å². The Labute approximate surface area is 155 Å². The van der Waals surface area contributed by atoms with Gasteiger partial charge in [-0.05, 0) is 37.6 Å². The second-order valence-corrected chi connectivity index (χ2v) is 6.87. The van der Waals surface area contributed by atoms with Gasteiger partial charge in [0.1, 0.15) is 35.1 Å². The summed E-state index contributed by atoms with van der Waals surface area (Å²) in [6.07, 6.45) is 2.49. The first-order valence-corrected chi connectivity index (χ1v) is 9.08. The van der Waals surface area contributed by atoms with Crippen molar-refractivity contribution in [3.8, 4) is 17.2 Å².